The van der Waals surface area contributed by atoms with Crippen molar-refractivity contribution in [3.05, 3.63) is 59.9 Å². The van der Waals surface area contributed by atoms with Crippen molar-refractivity contribution in [1.29, 1.82) is 0 Å². The first-order chi connectivity index (χ1) is 11.6. The SMILES string of the molecule is CCC[C@H](O)C[NH+](Cc1cccn1Cc1ccccc1)CC(C)C. The normalized spacial score (nSPS) is 14.0. The lowest BCUT2D eigenvalue weighted by Crippen LogP contribution is -3.12. The molecule has 0 aliphatic rings. The number of rotatable bonds is 10. The molecular weight excluding hydrogens is 296 g/mol. The zero-order valence-electron chi connectivity index (χ0n) is 15.4. The predicted molar refractivity (Wildman–Crippen MR) is 100 cm³/mol. The molecule has 3 nitrogen and oxygen atoms in total. The maximum atomic E-state index is 10.2. The number of hydrogen-bond donors (Lipinski definition) is 2. The van der Waals surface area contributed by atoms with E-state index in [1.54, 1.807) is 0 Å². The molecular formula is C21H33N2O+. The van der Waals surface area contributed by atoms with Gasteiger partial charge in [0.2, 0.25) is 0 Å². The topological polar surface area (TPSA) is 29.6 Å². The zero-order chi connectivity index (χ0) is 17.4. The summed E-state index contributed by atoms with van der Waals surface area (Å²) in [6.45, 7) is 10.5. The molecule has 2 atom stereocenters. The second-order valence-electron chi connectivity index (χ2n) is 7.28. The van der Waals surface area contributed by atoms with Gasteiger partial charge >= 0.3 is 0 Å². The Morgan fingerprint density at radius 2 is 1.79 bits per heavy atom. The number of quaternary nitrogens is 1. The minimum atomic E-state index is -0.193. The van der Waals surface area contributed by atoms with Crippen molar-refractivity contribution >= 4 is 0 Å². The molecule has 0 saturated heterocycles. The molecule has 0 fully saturated rings. The van der Waals surface area contributed by atoms with Crippen molar-refractivity contribution in [2.24, 2.45) is 5.92 Å². The lowest BCUT2D eigenvalue weighted by Gasteiger charge is -2.24. The summed E-state index contributed by atoms with van der Waals surface area (Å²) in [5.74, 6) is 0.631. The van der Waals surface area contributed by atoms with Crippen LogP contribution >= 0.6 is 0 Å². The molecule has 1 heterocycles. The van der Waals surface area contributed by atoms with Crippen molar-refractivity contribution in [2.45, 2.75) is 52.8 Å². The molecule has 24 heavy (non-hydrogen) atoms. The first-order valence-electron chi connectivity index (χ1n) is 9.28. The van der Waals surface area contributed by atoms with Crippen LogP contribution in [0.3, 0.4) is 0 Å². The first-order valence-corrected chi connectivity index (χ1v) is 9.28. The monoisotopic (exact) mass is 329 g/mol. The molecule has 1 aromatic carbocycles. The van der Waals surface area contributed by atoms with Crippen LogP contribution in [0.1, 0.15) is 44.9 Å². The standard InChI is InChI=1S/C21H32N2O/c1-4-9-21(24)17-22(14-18(2)3)16-20-12-8-13-23(20)15-19-10-6-5-7-11-19/h5-8,10-13,18,21,24H,4,9,14-17H2,1-3H3/p+1/t21-/m0/s1. The molecule has 1 aromatic heterocycles. The highest BCUT2D eigenvalue weighted by Crippen LogP contribution is 2.07. The van der Waals surface area contributed by atoms with E-state index in [2.05, 4.69) is 74.0 Å². The van der Waals surface area contributed by atoms with Crippen LogP contribution in [-0.4, -0.2) is 28.9 Å². The number of nitrogens with zero attached hydrogens (tertiary/aromatic N) is 1. The highest BCUT2D eigenvalue weighted by atomic mass is 16.3. The van der Waals surface area contributed by atoms with Gasteiger partial charge in [0.1, 0.15) is 19.2 Å². The smallest absolute Gasteiger partial charge is 0.118 e. The van der Waals surface area contributed by atoms with Gasteiger partial charge in [-0.3, -0.25) is 0 Å². The van der Waals surface area contributed by atoms with Crippen LogP contribution in [0.4, 0.5) is 0 Å². The lowest BCUT2D eigenvalue weighted by molar-refractivity contribution is -0.920. The number of aliphatic hydroxyl groups excluding tert-OH is 1. The van der Waals surface area contributed by atoms with Crippen LogP contribution in [0.2, 0.25) is 0 Å². The summed E-state index contributed by atoms with van der Waals surface area (Å²) in [5.41, 5.74) is 2.67. The number of hydrogen-bond acceptors (Lipinski definition) is 1. The van der Waals surface area contributed by atoms with Crippen molar-refractivity contribution in [2.75, 3.05) is 13.1 Å². The van der Waals surface area contributed by atoms with E-state index in [1.165, 1.54) is 16.2 Å². The molecule has 0 bridgehead atoms. The van der Waals surface area contributed by atoms with Crippen molar-refractivity contribution in [1.82, 2.24) is 4.57 Å². The fraction of sp³-hybridized carbons (Fsp3) is 0.524. The molecule has 0 aliphatic carbocycles. The summed E-state index contributed by atoms with van der Waals surface area (Å²) in [6.07, 6.45) is 3.91. The van der Waals surface area contributed by atoms with Crippen LogP contribution in [0.15, 0.2) is 48.7 Å². The number of aromatic nitrogens is 1. The number of nitrogens with one attached hydrogen (secondary N) is 1. The molecule has 0 spiro atoms. The molecule has 3 heteroatoms. The zero-order valence-corrected chi connectivity index (χ0v) is 15.4. The van der Waals surface area contributed by atoms with Gasteiger partial charge in [0.15, 0.2) is 0 Å². The third-order valence-corrected chi connectivity index (χ3v) is 4.39. The molecule has 2 rings (SSSR count). The Kier molecular flexibility index (Phi) is 7.54. The second kappa shape index (κ2) is 9.65. The Balaban J connectivity index is 2.04. The summed E-state index contributed by atoms with van der Waals surface area (Å²) in [6, 6.07) is 14.9. The van der Waals surface area contributed by atoms with Crippen LogP contribution in [0.25, 0.3) is 0 Å². The van der Waals surface area contributed by atoms with Crippen molar-refractivity contribution in [3.8, 4) is 0 Å². The summed E-state index contributed by atoms with van der Waals surface area (Å²) in [4.78, 5) is 1.47. The van der Waals surface area contributed by atoms with Gasteiger partial charge in [0, 0.05) is 18.7 Å². The first kappa shape index (κ1) is 18.8. The molecule has 0 saturated carbocycles. The molecule has 2 aromatic rings. The predicted octanol–water partition coefficient (Wildman–Crippen LogP) is 2.74. The Morgan fingerprint density at radius 1 is 1.04 bits per heavy atom. The maximum absolute atomic E-state index is 10.2. The summed E-state index contributed by atoms with van der Waals surface area (Å²) in [5, 5.41) is 10.2. The Bertz CT molecular complexity index is 577. The molecule has 1 unspecified atom stereocenters. The van der Waals surface area contributed by atoms with E-state index in [9.17, 15) is 5.11 Å². The van der Waals surface area contributed by atoms with E-state index in [0.717, 1.165) is 39.0 Å². The van der Waals surface area contributed by atoms with Crippen LogP contribution in [0, 0.1) is 5.92 Å². The van der Waals surface area contributed by atoms with Gasteiger partial charge in [-0.15, -0.1) is 0 Å². The highest BCUT2D eigenvalue weighted by molar-refractivity contribution is 5.17. The van der Waals surface area contributed by atoms with Gasteiger partial charge in [-0.05, 0) is 24.1 Å². The Hall–Kier alpha value is -1.58. The fourth-order valence-electron chi connectivity index (χ4n) is 3.37. The fourth-order valence-corrected chi connectivity index (χ4v) is 3.37. The van der Waals surface area contributed by atoms with Gasteiger partial charge in [-0.2, -0.15) is 0 Å². The van der Waals surface area contributed by atoms with E-state index in [4.69, 9.17) is 0 Å². The Morgan fingerprint density at radius 3 is 2.46 bits per heavy atom. The van der Waals surface area contributed by atoms with Gasteiger partial charge < -0.3 is 14.6 Å². The molecule has 2 N–H and O–H groups in total. The Labute approximate surface area is 146 Å². The largest absolute Gasteiger partial charge is 0.387 e. The number of benzene rings is 1. The van der Waals surface area contributed by atoms with Gasteiger partial charge in [-0.1, -0.05) is 57.5 Å². The summed E-state index contributed by atoms with van der Waals surface area (Å²) in [7, 11) is 0. The van der Waals surface area contributed by atoms with E-state index < -0.39 is 0 Å². The third-order valence-electron chi connectivity index (χ3n) is 4.39. The average molecular weight is 330 g/mol. The van der Waals surface area contributed by atoms with Crippen molar-refractivity contribution < 1.29 is 10.0 Å². The van der Waals surface area contributed by atoms with E-state index in [0.29, 0.717) is 5.92 Å². The highest BCUT2D eigenvalue weighted by Gasteiger charge is 2.18. The summed E-state index contributed by atoms with van der Waals surface area (Å²) >= 11 is 0. The maximum Gasteiger partial charge on any atom is 0.118 e. The second-order valence-corrected chi connectivity index (χ2v) is 7.28. The van der Waals surface area contributed by atoms with Crippen LogP contribution in [-0.2, 0) is 13.1 Å². The van der Waals surface area contributed by atoms with Crippen LogP contribution in [0.5, 0.6) is 0 Å². The van der Waals surface area contributed by atoms with Crippen molar-refractivity contribution in [3.63, 3.8) is 0 Å². The molecule has 0 aliphatic heterocycles. The van der Waals surface area contributed by atoms with Gasteiger partial charge in [-0.25, -0.2) is 0 Å². The van der Waals surface area contributed by atoms with Gasteiger partial charge in [0.25, 0.3) is 0 Å². The lowest BCUT2D eigenvalue weighted by atomic mass is 10.1. The third kappa shape index (κ3) is 6.14. The van der Waals surface area contributed by atoms with E-state index in [-0.39, 0.29) is 6.10 Å². The minimum Gasteiger partial charge on any atom is -0.387 e. The number of aliphatic hydroxyl groups is 1. The summed E-state index contributed by atoms with van der Waals surface area (Å²) < 4.78 is 2.34. The quantitative estimate of drug-likeness (QED) is 0.690. The van der Waals surface area contributed by atoms with Crippen LogP contribution < -0.4 is 4.90 Å². The van der Waals surface area contributed by atoms with E-state index >= 15 is 0 Å². The molecule has 0 amide bonds. The van der Waals surface area contributed by atoms with E-state index in [1.807, 2.05) is 0 Å². The molecule has 0 radical (unpaired) electrons. The average Bonchev–Trinajstić information content (AvgIpc) is 2.94. The minimum absolute atomic E-state index is 0.193. The molecule has 132 valence electrons. The van der Waals surface area contributed by atoms with Gasteiger partial charge in [0.05, 0.1) is 12.2 Å².